The van der Waals surface area contributed by atoms with E-state index in [1.54, 1.807) is 0 Å². The summed E-state index contributed by atoms with van der Waals surface area (Å²) in [6, 6.07) is 16.7. The standard InChI is InChI=1S/C27H38O3/c1-7-18-29-24-14-10-21(11-15-24)27(5,6)22-12-16-25(17-13-22)30-19-8-9-23(28)20-26(2,3)4/h10-17H,7-9,18-20H2,1-6H3. The fourth-order valence-electron chi connectivity index (χ4n) is 3.46. The van der Waals surface area contributed by atoms with Gasteiger partial charge in [0.1, 0.15) is 17.3 Å². The van der Waals surface area contributed by atoms with Crippen LogP contribution in [0.1, 0.15) is 78.4 Å². The summed E-state index contributed by atoms with van der Waals surface area (Å²) in [5.41, 5.74) is 2.43. The molecule has 2 aromatic rings. The number of carbonyl (C=O) groups excluding carboxylic acids is 1. The Morgan fingerprint density at radius 3 is 1.67 bits per heavy atom. The lowest BCUT2D eigenvalue weighted by molar-refractivity contribution is -0.120. The number of Topliss-reactive ketones (excluding diaryl/α,β-unsaturated/α-hetero) is 1. The van der Waals surface area contributed by atoms with Crippen LogP contribution in [0, 0.1) is 5.41 Å². The summed E-state index contributed by atoms with van der Waals surface area (Å²) < 4.78 is 11.5. The second-order valence-corrected chi connectivity index (χ2v) is 9.75. The van der Waals surface area contributed by atoms with Crippen LogP contribution in [0.15, 0.2) is 48.5 Å². The molecule has 0 aromatic heterocycles. The fraction of sp³-hybridized carbons (Fsp3) is 0.519. The van der Waals surface area contributed by atoms with Crippen LogP contribution in [-0.2, 0) is 10.2 Å². The van der Waals surface area contributed by atoms with Gasteiger partial charge in [-0.2, -0.15) is 0 Å². The first-order valence-electron chi connectivity index (χ1n) is 11.1. The molecule has 2 aromatic carbocycles. The minimum Gasteiger partial charge on any atom is -0.494 e. The van der Waals surface area contributed by atoms with Gasteiger partial charge < -0.3 is 9.47 Å². The maximum Gasteiger partial charge on any atom is 0.133 e. The average molecular weight is 411 g/mol. The molecule has 0 aliphatic heterocycles. The third-order valence-electron chi connectivity index (χ3n) is 5.22. The molecule has 0 aliphatic rings. The number of ketones is 1. The molecule has 0 fully saturated rings. The van der Waals surface area contributed by atoms with Gasteiger partial charge in [-0.3, -0.25) is 4.79 Å². The van der Waals surface area contributed by atoms with Gasteiger partial charge in [-0.15, -0.1) is 0 Å². The first-order chi connectivity index (χ1) is 14.1. The first-order valence-corrected chi connectivity index (χ1v) is 11.1. The minimum atomic E-state index is -0.110. The summed E-state index contributed by atoms with van der Waals surface area (Å²) in [5.74, 6) is 2.08. The molecular weight excluding hydrogens is 372 g/mol. The molecule has 0 amide bonds. The van der Waals surface area contributed by atoms with Gasteiger partial charge >= 0.3 is 0 Å². The van der Waals surface area contributed by atoms with E-state index in [0.717, 1.165) is 30.9 Å². The van der Waals surface area contributed by atoms with E-state index in [2.05, 4.69) is 65.8 Å². The minimum absolute atomic E-state index is 0.0590. The highest BCUT2D eigenvalue weighted by Crippen LogP contribution is 2.33. The van der Waals surface area contributed by atoms with Crippen molar-refractivity contribution in [3.63, 3.8) is 0 Å². The van der Waals surface area contributed by atoms with E-state index >= 15 is 0 Å². The van der Waals surface area contributed by atoms with E-state index in [0.29, 0.717) is 25.2 Å². The van der Waals surface area contributed by atoms with Gasteiger partial charge in [0.2, 0.25) is 0 Å². The van der Waals surface area contributed by atoms with Crippen molar-refractivity contribution < 1.29 is 14.3 Å². The Labute approximate surface area is 182 Å². The van der Waals surface area contributed by atoms with Gasteiger partial charge in [0.15, 0.2) is 0 Å². The van der Waals surface area contributed by atoms with E-state index in [1.165, 1.54) is 11.1 Å². The van der Waals surface area contributed by atoms with Crippen molar-refractivity contribution in [2.24, 2.45) is 5.41 Å². The van der Waals surface area contributed by atoms with Crippen molar-refractivity contribution in [2.45, 2.75) is 72.6 Å². The van der Waals surface area contributed by atoms with Gasteiger partial charge in [-0.1, -0.05) is 65.8 Å². The summed E-state index contributed by atoms with van der Waals surface area (Å²) in [7, 11) is 0. The topological polar surface area (TPSA) is 35.5 Å². The Bertz CT molecular complexity index is 780. The smallest absolute Gasteiger partial charge is 0.133 e. The largest absolute Gasteiger partial charge is 0.494 e. The Hall–Kier alpha value is -2.29. The molecule has 0 aliphatic carbocycles. The normalized spacial score (nSPS) is 11.9. The van der Waals surface area contributed by atoms with Crippen LogP contribution in [0.25, 0.3) is 0 Å². The second-order valence-electron chi connectivity index (χ2n) is 9.75. The van der Waals surface area contributed by atoms with Crippen LogP contribution in [0.2, 0.25) is 0 Å². The molecule has 0 atom stereocenters. The lowest BCUT2D eigenvalue weighted by Gasteiger charge is -2.26. The van der Waals surface area contributed by atoms with E-state index in [1.807, 2.05) is 24.3 Å². The van der Waals surface area contributed by atoms with Gasteiger partial charge in [-0.05, 0) is 53.6 Å². The van der Waals surface area contributed by atoms with E-state index in [9.17, 15) is 4.79 Å². The molecule has 0 heterocycles. The van der Waals surface area contributed by atoms with Crippen LogP contribution in [0.5, 0.6) is 11.5 Å². The maximum absolute atomic E-state index is 12.0. The van der Waals surface area contributed by atoms with E-state index in [-0.39, 0.29) is 10.8 Å². The zero-order valence-electron chi connectivity index (χ0n) is 19.6. The predicted molar refractivity (Wildman–Crippen MR) is 125 cm³/mol. The monoisotopic (exact) mass is 410 g/mol. The zero-order chi connectivity index (χ0) is 22.2. The Balaban J connectivity index is 1.89. The highest BCUT2D eigenvalue weighted by atomic mass is 16.5. The molecule has 3 nitrogen and oxygen atoms in total. The highest BCUT2D eigenvalue weighted by molar-refractivity contribution is 5.78. The van der Waals surface area contributed by atoms with Crippen molar-refractivity contribution >= 4 is 5.78 Å². The van der Waals surface area contributed by atoms with Crippen molar-refractivity contribution in [2.75, 3.05) is 13.2 Å². The van der Waals surface area contributed by atoms with Gasteiger partial charge in [0, 0.05) is 18.3 Å². The Morgan fingerprint density at radius 2 is 1.23 bits per heavy atom. The SMILES string of the molecule is CCCOc1ccc(C(C)(C)c2ccc(OCCCC(=O)CC(C)(C)C)cc2)cc1. The summed E-state index contributed by atoms with van der Waals surface area (Å²) in [5, 5.41) is 0. The lowest BCUT2D eigenvalue weighted by Crippen LogP contribution is -2.18. The van der Waals surface area contributed by atoms with Crippen LogP contribution < -0.4 is 9.47 Å². The van der Waals surface area contributed by atoms with Gasteiger partial charge in [0.05, 0.1) is 13.2 Å². The number of ether oxygens (including phenoxy) is 2. The van der Waals surface area contributed by atoms with Crippen LogP contribution in [0.4, 0.5) is 0 Å². The molecule has 2 rings (SSSR count). The fourth-order valence-corrected chi connectivity index (χ4v) is 3.46. The van der Waals surface area contributed by atoms with E-state index < -0.39 is 0 Å². The summed E-state index contributed by atoms with van der Waals surface area (Å²) in [6.07, 6.45) is 2.98. The first kappa shape index (κ1) is 24.0. The Morgan fingerprint density at radius 1 is 0.767 bits per heavy atom. The molecular formula is C27H38O3. The van der Waals surface area contributed by atoms with Crippen molar-refractivity contribution in [3.8, 4) is 11.5 Å². The molecule has 0 unspecified atom stereocenters. The number of carbonyl (C=O) groups is 1. The lowest BCUT2D eigenvalue weighted by atomic mass is 9.78. The quantitative estimate of drug-likeness (QED) is 0.375. The predicted octanol–water partition coefficient (Wildman–Crippen LogP) is 6.97. The van der Waals surface area contributed by atoms with Crippen molar-refractivity contribution in [3.05, 3.63) is 59.7 Å². The molecule has 0 saturated carbocycles. The van der Waals surface area contributed by atoms with Crippen molar-refractivity contribution in [1.82, 2.24) is 0 Å². The summed E-state index contributed by atoms with van der Waals surface area (Å²) in [4.78, 5) is 12.0. The van der Waals surface area contributed by atoms with Crippen molar-refractivity contribution in [1.29, 1.82) is 0 Å². The number of benzene rings is 2. The number of hydrogen-bond donors (Lipinski definition) is 0. The third kappa shape index (κ3) is 7.51. The number of rotatable bonds is 11. The molecule has 30 heavy (non-hydrogen) atoms. The molecule has 0 bridgehead atoms. The van der Waals surface area contributed by atoms with Gasteiger partial charge in [-0.25, -0.2) is 0 Å². The Kier molecular flexibility index (Phi) is 8.52. The third-order valence-corrected chi connectivity index (χ3v) is 5.22. The van der Waals surface area contributed by atoms with E-state index in [4.69, 9.17) is 9.47 Å². The maximum atomic E-state index is 12.0. The molecule has 0 saturated heterocycles. The number of hydrogen-bond acceptors (Lipinski definition) is 3. The molecule has 0 radical (unpaired) electrons. The van der Waals surface area contributed by atoms with Crippen LogP contribution in [-0.4, -0.2) is 19.0 Å². The summed E-state index contributed by atoms with van der Waals surface area (Å²) in [6.45, 7) is 14.2. The molecule has 0 spiro atoms. The van der Waals surface area contributed by atoms with Crippen LogP contribution in [0.3, 0.4) is 0 Å². The van der Waals surface area contributed by atoms with Gasteiger partial charge in [0.25, 0.3) is 0 Å². The molecule has 0 N–H and O–H groups in total. The molecule has 3 heteroatoms. The average Bonchev–Trinajstić information content (AvgIpc) is 2.69. The highest BCUT2D eigenvalue weighted by Gasteiger charge is 2.23. The zero-order valence-corrected chi connectivity index (χ0v) is 19.6. The summed E-state index contributed by atoms with van der Waals surface area (Å²) >= 11 is 0. The molecule has 164 valence electrons. The van der Waals surface area contributed by atoms with Crippen LogP contribution >= 0.6 is 0 Å². The second kappa shape index (κ2) is 10.7.